The number of nitrogens with two attached hydrogens (primary N) is 1. The van der Waals surface area contributed by atoms with E-state index in [4.69, 9.17) is 17.3 Å². The molecule has 1 fully saturated rings. The molecule has 0 spiro atoms. The molecule has 1 aliphatic heterocycles. The number of likely N-dealkylation sites (tertiary alicyclic amines) is 1. The fourth-order valence-electron chi connectivity index (χ4n) is 2.12. The number of nitrogen functional groups attached to an aromatic ring is 1. The summed E-state index contributed by atoms with van der Waals surface area (Å²) in [6.45, 7) is 3.84. The zero-order chi connectivity index (χ0) is 14.9. The molecule has 4 nitrogen and oxygen atoms in total. The molecule has 0 saturated carbocycles. The van der Waals surface area contributed by atoms with Crippen LogP contribution in [0.1, 0.15) is 26.7 Å². The number of imide groups is 1. The average Bonchev–Trinajstić information content (AvgIpc) is 2.68. The summed E-state index contributed by atoms with van der Waals surface area (Å²) < 4.78 is 0. The third-order valence-corrected chi connectivity index (χ3v) is 5.08. The predicted molar refractivity (Wildman–Crippen MR) is 81.7 cm³/mol. The molecule has 2 amide bonds. The van der Waals surface area contributed by atoms with Crippen LogP contribution in [-0.2, 0) is 9.59 Å². The van der Waals surface area contributed by atoms with Gasteiger partial charge in [-0.05, 0) is 31.5 Å². The van der Waals surface area contributed by atoms with Gasteiger partial charge in [-0.1, -0.05) is 18.5 Å². The van der Waals surface area contributed by atoms with Crippen LogP contribution >= 0.6 is 23.4 Å². The van der Waals surface area contributed by atoms with Gasteiger partial charge in [-0.15, -0.1) is 11.8 Å². The van der Waals surface area contributed by atoms with Crippen LogP contribution in [0.3, 0.4) is 0 Å². The van der Waals surface area contributed by atoms with Gasteiger partial charge in [-0.3, -0.25) is 14.5 Å². The van der Waals surface area contributed by atoms with Crippen molar-refractivity contribution in [3.05, 3.63) is 23.2 Å². The zero-order valence-corrected chi connectivity index (χ0v) is 13.0. The normalized spacial score (nSPS) is 20.6. The van der Waals surface area contributed by atoms with Gasteiger partial charge in [0.1, 0.15) is 0 Å². The van der Waals surface area contributed by atoms with Gasteiger partial charge in [0.05, 0.1) is 10.3 Å². The number of benzene rings is 1. The van der Waals surface area contributed by atoms with E-state index < -0.39 is 5.25 Å². The first-order chi connectivity index (χ1) is 9.43. The number of carbonyl (C=O) groups is 2. The van der Waals surface area contributed by atoms with Crippen molar-refractivity contribution in [3.63, 3.8) is 0 Å². The van der Waals surface area contributed by atoms with Crippen molar-refractivity contribution >= 4 is 40.9 Å². The van der Waals surface area contributed by atoms with E-state index in [0.717, 1.165) is 11.3 Å². The van der Waals surface area contributed by atoms with Crippen molar-refractivity contribution in [2.75, 3.05) is 5.73 Å². The van der Waals surface area contributed by atoms with Gasteiger partial charge < -0.3 is 5.73 Å². The van der Waals surface area contributed by atoms with Crippen molar-refractivity contribution in [2.24, 2.45) is 0 Å². The minimum absolute atomic E-state index is 0.0584. The van der Waals surface area contributed by atoms with E-state index in [2.05, 4.69) is 0 Å². The van der Waals surface area contributed by atoms with Crippen LogP contribution < -0.4 is 5.73 Å². The lowest BCUT2D eigenvalue weighted by atomic mass is 10.2. The Morgan fingerprint density at radius 3 is 2.85 bits per heavy atom. The van der Waals surface area contributed by atoms with Gasteiger partial charge >= 0.3 is 0 Å². The second-order valence-corrected chi connectivity index (χ2v) is 6.51. The lowest BCUT2D eigenvalue weighted by Crippen LogP contribution is -2.38. The molecule has 1 aromatic rings. The highest BCUT2D eigenvalue weighted by Crippen LogP contribution is 2.37. The number of rotatable bonds is 4. The highest BCUT2D eigenvalue weighted by molar-refractivity contribution is 8.00. The van der Waals surface area contributed by atoms with Crippen LogP contribution in [0.15, 0.2) is 23.1 Å². The highest BCUT2D eigenvalue weighted by Gasteiger charge is 2.41. The molecule has 2 rings (SSSR count). The zero-order valence-electron chi connectivity index (χ0n) is 11.4. The smallest absolute Gasteiger partial charge is 0.243 e. The second-order valence-electron chi connectivity index (χ2n) is 4.86. The second kappa shape index (κ2) is 6.06. The van der Waals surface area contributed by atoms with Crippen LogP contribution in [0.5, 0.6) is 0 Å². The Hall–Kier alpha value is -1.20. The summed E-state index contributed by atoms with van der Waals surface area (Å²) in [6, 6.07) is 5.08. The van der Waals surface area contributed by atoms with Crippen LogP contribution in [0.25, 0.3) is 0 Å². The fraction of sp³-hybridized carbons (Fsp3) is 0.429. The molecule has 108 valence electrons. The Kier molecular flexibility index (Phi) is 4.60. The van der Waals surface area contributed by atoms with Gasteiger partial charge in [0.25, 0.3) is 0 Å². The maximum Gasteiger partial charge on any atom is 0.243 e. The van der Waals surface area contributed by atoms with Crippen LogP contribution in [-0.4, -0.2) is 28.0 Å². The molecule has 2 N–H and O–H groups in total. The van der Waals surface area contributed by atoms with Crippen molar-refractivity contribution in [2.45, 2.75) is 42.9 Å². The number of hydrogen-bond acceptors (Lipinski definition) is 4. The van der Waals surface area contributed by atoms with Crippen LogP contribution in [0.2, 0.25) is 5.02 Å². The molecular weight excluding hydrogens is 296 g/mol. The number of anilines is 1. The van der Waals surface area contributed by atoms with Gasteiger partial charge in [0, 0.05) is 23.0 Å². The Morgan fingerprint density at radius 1 is 1.50 bits per heavy atom. The van der Waals surface area contributed by atoms with E-state index >= 15 is 0 Å². The number of halogens is 1. The summed E-state index contributed by atoms with van der Waals surface area (Å²) in [6.07, 6.45) is 0.979. The van der Waals surface area contributed by atoms with Crippen molar-refractivity contribution in [1.29, 1.82) is 0 Å². The SMILES string of the molecule is CCC(C)N1C(=O)CC(Sc2cc(N)ccc2Cl)C1=O. The molecule has 20 heavy (non-hydrogen) atoms. The molecule has 1 saturated heterocycles. The molecule has 1 aliphatic rings. The number of amides is 2. The molecule has 0 bridgehead atoms. The van der Waals surface area contributed by atoms with E-state index in [9.17, 15) is 9.59 Å². The van der Waals surface area contributed by atoms with Gasteiger partial charge in [-0.2, -0.15) is 0 Å². The van der Waals surface area contributed by atoms with Crippen molar-refractivity contribution in [1.82, 2.24) is 4.90 Å². The lowest BCUT2D eigenvalue weighted by Gasteiger charge is -2.21. The van der Waals surface area contributed by atoms with Crippen molar-refractivity contribution < 1.29 is 9.59 Å². The number of nitrogens with zero attached hydrogens (tertiary/aromatic N) is 1. The summed E-state index contributed by atoms with van der Waals surface area (Å²) in [5, 5.41) is 0.141. The maximum absolute atomic E-state index is 12.3. The monoisotopic (exact) mass is 312 g/mol. The molecule has 2 atom stereocenters. The summed E-state index contributed by atoms with van der Waals surface area (Å²) in [7, 11) is 0. The standard InChI is InChI=1S/C14H17ClN2O2S/c1-3-8(2)17-13(18)7-12(14(17)19)20-11-6-9(16)4-5-10(11)15/h4-6,8,12H,3,7,16H2,1-2H3. The Bertz CT molecular complexity index is 550. The van der Waals surface area contributed by atoms with Gasteiger partial charge in [0.2, 0.25) is 11.8 Å². The summed E-state index contributed by atoms with van der Waals surface area (Å²) in [5.74, 6) is -0.241. The fourth-order valence-corrected chi connectivity index (χ4v) is 3.51. The highest BCUT2D eigenvalue weighted by atomic mass is 35.5. The number of carbonyl (C=O) groups excluding carboxylic acids is 2. The first-order valence-corrected chi connectivity index (χ1v) is 7.77. The summed E-state index contributed by atoms with van der Waals surface area (Å²) >= 11 is 7.41. The van der Waals surface area contributed by atoms with Gasteiger partial charge in [0.15, 0.2) is 0 Å². The summed E-state index contributed by atoms with van der Waals surface area (Å²) in [4.78, 5) is 26.4. The van der Waals surface area contributed by atoms with E-state index in [-0.39, 0.29) is 24.3 Å². The third kappa shape index (κ3) is 2.94. The van der Waals surface area contributed by atoms with E-state index in [1.165, 1.54) is 16.7 Å². The minimum Gasteiger partial charge on any atom is -0.399 e. The summed E-state index contributed by atoms with van der Waals surface area (Å²) in [5.41, 5.74) is 6.32. The number of thioether (sulfide) groups is 1. The predicted octanol–water partition coefficient (Wildman–Crippen LogP) is 2.94. The molecule has 1 heterocycles. The first-order valence-electron chi connectivity index (χ1n) is 6.51. The molecule has 0 aromatic heterocycles. The molecule has 1 aromatic carbocycles. The van der Waals surface area contributed by atoms with Crippen molar-refractivity contribution in [3.8, 4) is 0 Å². The molecule has 0 radical (unpaired) electrons. The molecule has 0 aliphatic carbocycles. The lowest BCUT2D eigenvalue weighted by molar-refractivity contribution is -0.140. The average molecular weight is 313 g/mol. The Balaban J connectivity index is 2.17. The van der Waals surface area contributed by atoms with Crippen LogP contribution in [0, 0.1) is 0 Å². The maximum atomic E-state index is 12.3. The molecular formula is C14H17ClN2O2S. The van der Waals surface area contributed by atoms with E-state index in [0.29, 0.717) is 10.7 Å². The van der Waals surface area contributed by atoms with Crippen LogP contribution in [0.4, 0.5) is 5.69 Å². The van der Waals surface area contributed by atoms with Gasteiger partial charge in [-0.25, -0.2) is 0 Å². The molecule has 6 heteroatoms. The van der Waals surface area contributed by atoms with E-state index in [1.807, 2.05) is 13.8 Å². The molecule has 2 unspecified atom stereocenters. The Labute approximate surface area is 127 Å². The first kappa shape index (κ1) is 15.2. The minimum atomic E-state index is -0.407. The third-order valence-electron chi connectivity index (χ3n) is 3.40. The quantitative estimate of drug-likeness (QED) is 0.686. The number of hydrogen-bond donors (Lipinski definition) is 1. The Morgan fingerprint density at radius 2 is 2.20 bits per heavy atom. The topological polar surface area (TPSA) is 63.4 Å². The largest absolute Gasteiger partial charge is 0.399 e. The van der Waals surface area contributed by atoms with E-state index in [1.54, 1.807) is 18.2 Å².